The second-order valence-corrected chi connectivity index (χ2v) is 7.77. The van der Waals surface area contributed by atoms with Gasteiger partial charge < -0.3 is 5.11 Å². The number of nitrogens with one attached hydrogen (secondary N) is 1. The molecule has 5 nitrogen and oxygen atoms in total. The van der Waals surface area contributed by atoms with Crippen molar-refractivity contribution in [3.8, 4) is 0 Å². The van der Waals surface area contributed by atoms with E-state index < -0.39 is 16.0 Å². The van der Waals surface area contributed by atoms with E-state index in [0.29, 0.717) is 5.56 Å². The molecule has 0 bridgehead atoms. The third-order valence-corrected chi connectivity index (χ3v) is 5.12. The molecular formula is C14H15NO4S2. The highest BCUT2D eigenvalue weighted by molar-refractivity contribution is 7.88. The van der Waals surface area contributed by atoms with Crippen LogP contribution in [0.3, 0.4) is 0 Å². The lowest BCUT2D eigenvalue weighted by molar-refractivity contribution is 0.0697. The maximum absolute atomic E-state index is 12.0. The summed E-state index contributed by atoms with van der Waals surface area (Å²) in [6.45, 7) is 2.24. The molecule has 7 heteroatoms. The second kappa shape index (κ2) is 6.38. The number of sulfonamides is 1. The topological polar surface area (TPSA) is 83.5 Å². The Labute approximate surface area is 127 Å². The lowest BCUT2D eigenvalue weighted by Crippen LogP contribution is -2.24. The van der Waals surface area contributed by atoms with Crippen LogP contribution in [0.4, 0.5) is 0 Å². The van der Waals surface area contributed by atoms with E-state index in [-0.39, 0.29) is 17.9 Å². The SMILES string of the molecule is Cc1ccc(CNS(=O)(=O)Cc2ccc(C(=O)O)cc2)s1. The average molecular weight is 325 g/mol. The van der Waals surface area contributed by atoms with Crippen LogP contribution in [0, 0.1) is 6.92 Å². The molecule has 0 atom stereocenters. The monoisotopic (exact) mass is 325 g/mol. The number of thiophene rings is 1. The summed E-state index contributed by atoms with van der Waals surface area (Å²) in [6.07, 6.45) is 0. The molecule has 0 aliphatic heterocycles. The Morgan fingerprint density at radius 2 is 1.86 bits per heavy atom. The zero-order valence-electron chi connectivity index (χ0n) is 11.4. The van der Waals surface area contributed by atoms with Gasteiger partial charge in [0.25, 0.3) is 0 Å². The van der Waals surface area contributed by atoms with Crippen molar-refractivity contribution in [3.05, 3.63) is 57.3 Å². The molecule has 2 N–H and O–H groups in total. The number of carboxylic acids is 1. The lowest BCUT2D eigenvalue weighted by atomic mass is 10.1. The number of hydrogen-bond acceptors (Lipinski definition) is 4. The van der Waals surface area contributed by atoms with Gasteiger partial charge in [0.05, 0.1) is 11.3 Å². The summed E-state index contributed by atoms with van der Waals surface area (Å²) in [7, 11) is -3.45. The van der Waals surface area contributed by atoms with Gasteiger partial charge in [-0.1, -0.05) is 12.1 Å². The van der Waals surface area contributed by atoms with Crippen LogP contribution in [0.5, 0.6) is 0 Å². The molecule has 0 aliphatic rings. The third kappa shape index (κ3) is 4.66. The van der Waals surface area contributed by atoms with E-state index in [1.807, 2.05) is 19.1 Å². The van der Waals surface area contributed by atoms with Gasteiger partial charge in [0, 0.05) is 16.3 Å². The maximum Gasteiger partial charge on any atom is 0.335 e. The van der Waals surface area contributed by atoms with Crippen LogP contribution in [0.15, 0.2) is 36.4 Å². The zero-order valence-corrected chi connectivity index (χ0v) is 13.0. The van der Waals surface area contributed by atoms with E-state index in [0.717, 1.165) is 9.75 Å². The molecule has 1 aromatic heterocycles. The van der Waals surface area contributed by atoms with E-state index in [2.05, 4.69) is 4.72 Å². The minimum Gasteiger partial charge on any atom is -0.478 e. The van der Waals surface area contributed by atoms with E-state index in [4.69, 9.17) is 5.11 Å². The molecule has 2 aromatic rings. The largest absolute Gasteiger partial charge is 0.478 e. The van der Waals surface area contributed by atoms with Crippen molar-refractivity contribution in [3.63, 3.8) is 0 Å². The second-order valence-electron chi connectivity index (χ2n) is 4.59. The number of rotatable bonds is 6. The first kappa shape index (κ1) is 15.7. The van der Waals surface area contributed by atoms with Gasteiger partial charge in [0.2, 0.25) is 10.0 Å². The fraction of sp³-hybridized carbons (Fsp3) is 0.214. The smallest absolute Gasteiger partial charge is 0.335 e. The van der Waals surface area contributed by atoms with Crippen molar-refractivity contribution in [1.29, 1.82) is 0 Å². The van der Waals surface area contributed by atoms with Crippen LogP contribution in [0.1, 0.15) is 25.7 Å². The first-order valence-electron chi connectivity index (χ1n) is 6.20. The van der Waals surface area contributed by atoms with Gasteiger partial charge in [-0.25, -0.2) is 17.9 Å². The van der Waals surface area contributed by atoms with Crippen LogP contribution in [0.25, 0.3) is 0 Å². The molecule has 0 radical (unpaired) electrons. The molecule has 0 spiro atoms. The predicted octanol–water partition coefficient (Wildman–Crippen LogP) is 2.37. The molecule has 0 aliphatic carbocycles. The Morgan fingerprint density at radius 3 is 2.38 bits per heavy atom. The van der Waals surface area contributed by atoms with Crippen molar-refractivity contribution in [2.75, 3.05) is 0 Å². The first-order chi connectivity index (χ1) is 9.85. The minimum atomic E-state index is -3.45. The highest BCUT2D eigenvalue weighted by Crippen LogP contribution is 2.15. The summed E-state index contributed by atoms with van der Waals surface area (Å²) in [4.78, 5) is 12.8. The first-order valence-corrected chi connectivity index (χ1v) is 8.67. The van der Waals surface area contributed by atoms with Crippen LogP contribution in [-0.4, -0.2) is 19.5 Å². The highest BCUT2D eigenvalue weighted by Gasteiger charge is 2.12. The minimum absolute atomic E-state index is 0.137. The van der Waals surface area contributed by atoms with Crippen LogP contribution in [-0.2, 0) is 22.3 Å². The van der Waals surface area contributed by atoms with Gasteiger partial charge in [0.1, 0.15) is 0 Å². The Balaban J connectivity index is 1.98. The number of carbonyl (C=O) groups is 1. The number of hydrogen-bond donors (Lipinski definition) is 2. The number of aromatic carboxylic acids is 1. The van der Waals surface area contributed by atoms with Gasteiger partial charge in [0.15, 0.2) is 0 Å². The molecule has 0 saturated carbocycles. The molecule has 0 unspecified atom stereocenters. The van der Waals surface area contributed by atoms with Crippen LogP contribution < -0.4 is 4.72 Å². The standard InChI is InChI=1S/C14H15NO4S2/c1-10-2-7-13(20-10)8-15-21(18,19)9-11-3-5-12(6-4-11)14(16)17/h2-7,15H,8-9H2,1H3,(H,16,17). The molecule has 2 rings (SSSR count). The summed E-state index contributed by atoms with van der Waals surface area (Å²) in [5.41, 5.74) is 0.688. The predicted molar refractivity (Wildman–Crippen MR) is 81.9 cm³/mol. The van der Waals surface area contributed by atoms with E-state index in [1.165, 1.54) is 24.3 Å². The number of aryl methyl sites for hydroxylation is 1. The molecule has 0 saturated heterocycles. The van der Waals surface area contributed by atoms with Gasteiger partial charge in [-0.05, 0) is 36.8 Å². The molecule has 1 aromatic carbocycles. The van der Waals surface area contributed by atoms with Gasteiger partial charge >= 0.3 is 5.97 Å². The number of benzene rings is 1. The summed E-state index contributed by atoms with van der Waals surface area (Å²) >= 11 is 1.55. The third-order valence-electron chi connectivity index (χ3n) is 2.82. The molecule has 112 valence electrons. The van der Waals surface area contributed by atoms with E-state index >= 15 is 0 Å². The fourth-order valence-corrected chi connectivity index (χ4v) is 3.81. The highest BCUT2D eigenvalue weighted by atomic mass is 32.2. The molecule has 0 amide bonds. The quantitative estimate of drug-likeness (QED) is 0.854. The van der Waals surface area contributed by atoms with E-state index in [9.17, 15) is 13.2 Å². The van der Waals surface area contributed by atoms with Crippen molar-refractivity contribution in [2.24, 2.45) is 0 Å². The van der Waals surface area contributed by atoms with Crippen molar-refractivity contribution in [2.45, 2.75) is 19.2 Å². The lowest BCUT2D eigenvalue weighted by Gasteiger charge is -2.06. The van der Waals surface area contributed by atoms with Gasteiger partial charge in [-0.3, -0.25) is 0 Å². The zero-order chi connectivity index (χ0) is 15.5. The Hall–Kier alpha value is -1.70. The summed E-state index contributed by atoms with van der Waals surface area (Å²) in [5.74, 6) is -1.20. The number of carboxylic acid groups (broad SMARTS) is 1. The fourth-order valence-electron chi connectivity index (χ4n) is 1.78. The van der Waals surface area contributed by atoms with Crippen LogP contribution in [0.2, 0.25) is 0 Å². The average Bonchev–Trinajstić information content (AvgIpc) is 2.83. The van der Waals surface area contributed by atoms with Gasteiger partial charge in [-0.15, -0.1) is 11.3 Å². The summed E-state index contributed by atoms with van der Waals surface area (Å²) in [6, 6.07) is 9.66. The molecule has 0 fully saturated rings. The maximum atomic E-state index is 12.0. The molecule has 21 heavy (non-hydrogen) atoms. The normalized spacial score (nSPS) is 11.5. The molecule has 1 heterocycles. The summed E-state index contributed by atoms with van der Waals surface area (Å²) < 4.78 is 26.5. The van der Waals surface area contributed by atoms with Gasteiger partial charge in [-0.2, -0.15) is 0 Å². The molecular weight excluding hydrogens is 310 g/mol. The Morgan fingerprint density at radius 1 is 1.19 bits per heavy atom. The van der Waals surface area contributed by atoms with Crippen molar-refractivity contribution in [1.82, 2.24) is 4.72 Å². The van der Waals surface area contributed by atoms with E-state index in [1.54, 1.807) is 11.3 Å². The summed E-state index contributed by atoms with van der Waals surface area (Å²) in [5, 5.41) is 8.79. The Kier molecular flexibility index (Phi) is 4.76. The van der Waals surface area contributed by atoms with Crippen LogP contribution >= 0.6 is 11.3 Å². The van der Waals surface area contributed by atoms with Crippen molar-refractivity contribution < 1.29 is 18.3 Å². The van der Waals surface area contributed by atoms with Crippen molar-refractivity contribution >= 4 is 27.3 Å². The Bertz CT molecular complexity index is 733.